The molecule has 0 bridgehead atoms. The molecule has 1 aromatic carbocycles. The Bertz CT molecular complexity index is 537. The lowest BCUT2D eigenvalue weighted by Gasteiger charge is -2.24. The highest BCUT2D eigenvalue weighted by Gasteiger charge is 2.27. The monoisotopic (exact) mass is 284 g/mol. The fourth-order valence-electron chi connectivity index (χ4n) is 1.52. The molecule has 0 fully saturated rings. The van der Waals surface area contributed by atoms with E-state index in [4.69, 9.17) is 4.18 Å². The first-order valence-corrected chi connectivity index (χ1v) is 7.95. The number of hydrogen-bond donors (Lipinski definition) is 0. The molecule has 19 heavy (non-hydrogen) atoms. The van der Waals surface area contributed by atoms with Crippen molar-refractivity contribution in [2.45, 2.75) is 63.9 Å². The first-order chi connectivity index (χ1) is 8.48. The Hall–Kier alpha value is -0.870. The van der Waals surface area contributed by atoms with E-state index in [-0.39, 0.29) is 10.3 Å². The summed E-state index contributed by atoms with van der Waals surface area (Å²) in [4.78, 5) is 0.224. The van der Waals surface area contributed by atoms with Gasteiger partial charge in [0.05, 0.1) is 10.5 Å². The van der Waals surface area contributed by atoms with E-state index in [1.54, 1.807) is 32.0 Å². The molecule has 1 aromatic rings. The molecular weight excluding hydrogens is 260 g/mol. The van der Waals surface area contributed by atoms with Crippen LogP contribution >= 0.6 is 0 Å². The zero-order chi connectivity index (χ0) is 14.9. The number of hydrogen-bond acceptors (Lipinski definition) is 3. The smallest absolute Gasteiger partial charge is 0.260 e. The minimum atomic E-state index is -3.71. The van der Waals surface area contributed by atoms with Gasteiger partial charge in [0, 0.05) is 0 Å². The third-order valence-corrected chi connectivity index (χ3v) is 4.68. The van der Waals surface area contributed by atoms with E-state index in [1.807, 2.05) is 13.0 Å². The van der Waals surface area contributed by atoms with Gasteiger partial charge in [-0.15, -0.1) is 0 Å². The highest BCUT2D eigenvalue weighted by Crippen LogP contribution is 2.27. The Morgan fingerprint density at radius 1 is 1.11 bits per heavy atom. The maximum Gasteiger partial charge on any atom is 0.297 e. The number of benzene rings is 1. The second-order valence-electron chi connectivity index (χ2n) is 6.43. The molecule has 0 saturated carbocycles. The topological polar surface area (TPSA) is 43.4 Å². The van der Waals surface area contributed by atoms with E-state index in [0.717, 1.165) is 5.56 Å². The fourth-order valence-corrected chi connectivity index (χ4v) is 2.85. The summed E-state index contributed by atoms with van der Waals surface area (Å²) in [5.41, 5.74) is 0.203. The van der Waals surface area contributed by atoms with Crippen LogP contribution in [0.15, 0.2) is 29.2 Å². The standard InChI is InChI=1S/C15H24O3S/c1-7-15(5,6)18-19(16,17)13-10-8-9-12(11-13)14(2,3)4/h8-11H,7H2,1-6H3. The predicted molar refractivity (Wildman–Crippen MR) is 77.8 cm³/mol. The molecule has 3 nitrogen and oxygen atoms in total. The minimum Gasteiger partial charge on any atom is -0.260 e. The zero-order valence-corrected chi connectivity index (χ0v) is 13.5. The van der Waals surface area contributed by atoms with Crippen LogP contribution < -0.4 is 0 Å². The third-order valence-electron chi connectivity index (χ3n) is 3.18. The molecule has 0 spiro atoms. The van der Waals surface area contributed by atoms with Crippen molar-refractivity contribution in [2.24, 2.45) is 0 Å². The Morgan fingerprint density at radius 2 is 1.68 bits per heavy atom. The Kier molecular flexibility index (Phi) is 4.47. The van der Waals surface area contributed by atoms with Crippen molar-refractivity contribution in [3.05, 3.63) is 29.8 Å². The quantitative estimate of drug-likeness (QED) is 0.788. The van der Waals surface area contributed by atoms with Gasteiger partial charge >= 0.3 is 0 Å². The maximum atomic E-state index is 12.3. The van der Waals surface area contributed by atoms with Crippen LogP contribution in [0.5, 0.6) is 0 Å². The average Bonchev–Trinajstić information content (AvgIpc) is 2.27. The Balaban J connectivity index is 3.17. The van der Waals surface area contributed by atoms with E-state index >= 15 is 0 Å². The molecule has 4 heteroatoms. The number of rotatable bonds is 4. The second-order valence-corrected chi connectivity index (χ2v) is 7.97. The molecule has 0 heterocycles. The van der Waals surface area contributed by atoms with E-state index in [9.17, 15) is 8.42 Å². The van der Waals surface area contributed by atoms with Gasteiger partial charge < -0.3 is 0 Å². The summed E-state index contributed by atoms with van der Waals surface area (Å²) in [5.74, 6) is 0. The molecule has 1 rings (SSSR count). The van der Waals surface area contributed by atoms with E-state index in [0.29, 0.717) is 6.42 Å². The zero-order valence-electron chi connectivity index (χ0n) is 12.6. The van der Waals surface area contributed by atoms with Crippen molar-refractivity contribution in [3.8, 4) is 0 Å². The molecule has 0 saturated heterocycles. The van der Waals surface area contributed by atoms with Crippen molar-refractivity contribution in [1.29, 1.82) is 0 Å². The van der Waals surface area contributed by atoms with E-state index in [1.165, 1.54) is 0 Å². The second kappa shape index (κ2) is 5.25. The minimum absolute atomic E-state index is 0.0915. The normalized spacial score (nSPS) is 13.6. The molecule has 0 N–H and O–H groups in total. The average molecular weight is 284 g/mol. The Labute approximate surface area is 117 Å². The van der Waals surface area contributed by atoms with Gasteiger partial charge in [-0.05, 0) is 43.4 Å². The van der Waals surface area contributed by atoms with E-state index in [2.05, 4.69) is 20.8 Å². The van der Waals surface area contributed by atoms with Gasteiger partial charge in [0.1, 0.15) is 0 Å². The van der Waals surface area contributed by atoms with Crippen LogP contribution in [0.3, 0.4) is 0 Å². The van der Waals surface area contributed by atoms with Crippen LogP contribution in [0.4, 0.5) is 0 Å². The van der Waals surface area contributed by atoms with Gasteiger partial charge in [0.15, 0.2) is 0 Å². The van der Waals surface area contributed by atoms with Gasteiger partial charge in [0.2, 0.25) is 0 Å². The van der Waals surface area contributed by atoms with Crippen LogP contribution in [-0.4, -0.2) is 14.0 Å². The summed E-state index contributed by atoms with van der Waals surface area (Å²) in [5, 5.41) is 0. The summed E-state index contributed by atoms with van der Waals surface area (Å²) in [7, 11) is -3.71. The van der Waals surface area contributed by atoms with Crippen LogP contribution in [0, 0.1) is 0 Å². The van der Waals surface area contributed by atoms with Crippen LogP contribution in [-0.2, 0) is 19.7 Å². The largest absolute Gasteiger partial charge is 0.297 e. The summed E-state index contributed by atoms with van der Waals surface area (Å²) < 4.78 is 29.8. The van der Waals surface area contributed by atoms with Gasteiger partial charge in [-0.3, -0.25) is 4.18 Å². The summed E-state index contributed by atoms with van der Waals surface area (Å²) in [6, 6.07) is 6.97. The lowest BCUT2D eigenvalue weighted by atomic mass is 9.87. The summed E-state index contributed by atoms with van der Waals surface area (Å²) >= 11 is 0. The summed E-state index contributed by atoms with van der Waals surface area (Å²) in [6.45, 7) is 11.6. The van der Waals surface area contributed by atoms with Crippen molar-refractivity contribution >= 4 is 10.1 Å². The van der Waals surface area contributed by atoms with Gasteiger partial charge in [-0.2, -0.15) is 8.42 Å². The van der Waals surface area contributed by atoms with Crippen LogP contribution in [0.2, 0.25) is 0 Å². The Morgan fingerprint density at radius 3 is 2.16 bits per heavy atom. The van der Waals surface area contributed by atoms with Gasteiger partial charge in [-0.25, -0.2) is 0 Å². The van der Waals surface area contributed by atoms with Gasteiger partial charge in [0.25, 0.3) is 10.1 Å². The third kappa shape index (κ3) is 4.32. The molecule has 0 radical (unpaired) electrons. The van der Waals surface area contributed by atoms with Crippen molar-refractivity contribution < 1.29 is 12.6 Å². The molecule has 0 unspecified atom stereocenters. The first-order valence-electron chi connectivity index (χ1n) is 6.54. The molecule has 0 aliphatic rings. The first kappa shape index (κ1) is 16.2. The lowest BCUT2D eigenvalue weighted by molar-refractivity contribution is 0.113. The maximum absolute atomic E-state index is 12.3. The van der Waals surface area contributed by atoms with Crippen molar-refractivity contribution in [3.63, 3.8) is 0 Å². The highest BCUT2D eigenvalue weighted by atomic mass is 32.2. The highest BCUT2D eigenvalue weighted by molar-refractivity contribution is 7.86. The molecule has 108 valence electrons. The van der Waals surface area contributed by atoms with Crippen LogP contribution in [0.25, 0.3) is 0 Å². The molecule has 0 aliphatic heterocycles. The van der Waals surface area contributed by atoms with Crippen LogP contribution in [0.1, 0.15) is 53.5 Å². The van der Waals surface area contributed by atoms with Gasteiger partial charge in [-0.1, -0.05) is 39.8 Å². The molecular formula is C15H24O3S. The molecule has 0 aromatic heterocycles. The molecule has 0 aliphatic carbocycles. The predicted octanol–water partition coefficient (Wildman–Crippen LogP) is 3.88. The van der Waals surface area contributed by atoms with Crippen molar-refractivity contribution in [2.75, 3.05) is 0 Å². The lowest BCUT2D eigenvalue weighted by Crippen LogP contribution is -2.27. The fraction of sp³-hybridized carbons (Fsp3) is 0.600. The van der Waals surface area contributed by atoms with Crippen molar-refractivity contribution in [1.82, 2.24) is 0 Å². The molecule has 0 amide bonds. The SMILES string of the molecule is CCC(C)(C)OS(=O)(=O)c1cccc(C(C)(C)C)c1. The molecule has 0 atom stereocenters. The summed E-state index contributed by atoms with van der Waals surface area (Å²) in [6.07, 6.45) is 0.630. The van der Waals surface area contributed by atoms with E-state index < -0.39 is 15.7 Å².